The van der Waals surface area contributed by atoms with Crippen molar-refractivity contribution in [2.45, 2.75) is 37.8 Å². The number of hydrogen-bond donors (Lipinski definition) is 2. The molecule has 0 amide bonds. The van der Waals surface area contributed by atoms with Crippen LogP contribution < -0.4 is 11.1 Å². The normalized spacial score (nSPS) is 22.4. The van der Waals surface area contributed by atoms with Gasteiger partial charge in [0.15, 0.2) is 0 Å². The molecule has 2 aromatic heterocycles. The average molecular weight is 399 g/mol. The molecular formula is C14H18IN5O. The summed E-state index contributed by atoms with van der Waals surface area (Å²) in [7, 11) is 1.78. The van der Waals surface area contributed by atoms with E-state index in [0.717, 1.165) is 40.2 Å². The third kappa shape index (κ3) is 3.18. The van der Waals surface area contributed by atoms with Crippen LogP contribution in [0.15, 0.2) is 12.4 Å². The van der Waals surface area contributed by atoms with Crippen molar-refractivity contribution < 1.29 is 4.74 Å². The van der Waals surface area contributed by atoms with Gasteiger partial charge >= 0.3 is 0 Å². The van der Waals surface area contributed by atoms with Gasteiger partial charge in [-0.15, -0.1) is 0 Å². The Labute approximate surface area is 137 Å². The van der Waals surface area contributed by atoms with Crippen LogP contribution in [0.1, 0.15) is 25.7 Å². The lowest BCUT2D eigenvalue weighted by molar-refractivity contribution is 0.0681. The molecule has 1 fully saturated rings. The van der Waals surface area contributed by atoms with Crippen molar-refractivity contribution in [1.82, 2.24) is 15.0 Å². The molecule has 1 aliphatic rings. The molecule has 0 atom stereocenters. The second kappa shape index (κ2) is 6.27. The van der Waals surface area contributed by atoms with Crippen molar-refractivity contribution in [1.29, 1.82) is 0 Å². The Morgan fingerprint density at radius 2 is 2.00 bits per heavy atom. The number of rotatable bonds is 3. The molecule has 3 rings (SSSR count). The minimum Gasteiger partial charge on any atom is -0.383 e. The average Bonchev–Trinajstić information content (AvgIpc) is 2.52. The van der Waals surface area contributed by atoms with Crippen molar-refractivity contribution in [3.05, 3.63) is 16.0 Å². The second-order valence-electron chi connectivity index (χ2n) is 5.30. The van der Waals surface area contributed by atoms with Gasteiger partial charge in [-0.25, -0.2) is 15.0 Å². The quantitative estimate of drug-likeness (QED) is 0.772. The van der Waals surface area contributed by atoms with E-state index in [4.69, 9.17) is 10.5 Å². The van der Waals surface area contributed by atoms with Crippen molar-refractivity contribution in [2.24, 2.45) is 0 Å². The lowest BCUT2D eigenvalue weighted by Crippen LogP contribution is -2.29. The van der Waals surface area contributed by atoms with Crippen LogP contribution in [-0.4, -0.2) is 34.2 Å². The largest absolute Gasteiger partial charge is 0.383 e. The first kappa shape index (κ1) is 14.7. The summed E-state index contributed by atoms with van der Waals surface area (Å²) in [6.07, 6.45) is 8.19. The van der Waals surface area contributed by atoms with E-state index >= 15 is 0 Å². The molecule has 0 bridgehead atoms. The van der Waals surface area contributed by atoms with Crippen LogP contribution in [0, 0.1) is 3.57 Å². The van der Waals surface area contributed by atoms with Gasteiger partial charge in [-0.1, -0.05) is 0 Å². The topological polar surface area (TPSA) is 86.0 Å². The summed E-state index contributed by atoms with van der Waals surface area (Å²) in [5.41, 5.74) is 6.71. The number of ether oxygens (including phenoxy) is 1. The molecule has 1 aliphatic carbocycles. The fourth-order valence-corrected chi connectivity index (χ4v) is 3.25. The number of methoxy groups -OCH3 is 1. The number of nitrogen functional groups attached to an aromatic ring is 1. The number of halogens is 1. The highest BCUT2D eigenvalue weighted by molar-refractivity contribution is 14.1. The zero-order valence-corrected chi connectivity index (χ0v) is 14.0. The van der Waals surface area contributed by atoms with E-state index in [-0.39, 0.29) is 0 Å². The van der Waals surface area contributed by atoms with E-state index in [2.05, 4.69) is 42.9 Å². The van der Waals surface area contributed by atoms with Crippen molar-refractivity contribution in [3.8, 4) is 0 Å². The Balaban J connectivity index is 1.78. The van der Waals surface area contributed by atoms with Crippen LogP contribution in [-0.2, 0) is 4.74 Å². The predicted molar refractivity (Wildman–Crippen MR) is 91.1 cm³/mol. The van der Waals surface area contributed by atoms with Gasteiger partial charge in [-0.2, -0.15) is 0 Å². The number of hydrogen-bond acceptors (Lipinski definition) is 6. The third-order valence-corrected chi connectivity index (χ3v) is 4.74. The van der Waals surface area contributed by atoms with E-state index in [1.807, 2.05) is 0 Å². The molecule has 0 unspecified atom stereocenters. The van der Waals surface area contributed by atoms with Crippen LogP contribution >= 0.6 is 22.6 Å². The van der Waals surface area contributed by atoms with Crippen molar-refractivity contribution >= 4 is 45.3 Å². The minimum absolute atomic E-state index is 0.396. The van der Waals surface area contributed by atoms with E-state index in [9.17, 15) is 0 Å². The highest BCUT2D eigenvalue weighted by Gasteiger charge is 2.21. The van der Waals surface area contributed by atoms with E-state index in [0.29, 0.717) is 23.9 Å². The molecule has 112 valence electrons. The molecule has 2 heterocycles. The minimum atomic E-state index is 0.396. The Hall–Kier alpha value is -1.22. The van der Waals surface area contributed by atoms with Crippen LogP contribution in [0.3, 0.4) is 0 Å². The first-order valence-corrected chi connectivity index (χ1v) is 8.11. The number of nitrogens with one attached hydrogen (secondary N) is 1. The number of aromatic nitrogens is 3. The first-order valence-electron chi connectivity index (χ1n) is 7.03. The maximum atomic E-state index is 5.86. The summed E-state index contributed by atoms with van der Waals surface area (Å²) < 4.78 is 6.37. The van der Waals surface area contributed by atoms with Gasteiger partial charge in [0.1, 0.15) is 5.82 Å². The molecule has 0 aromatic carbocycles. The smallest absolute Gasteiger partial charge is 0.223 e. The third-order valence-electron chi connectivity index (χ3n) is 3.95. The zero-order valence-electron chi connectivity index (χ0n) is 11.8. The lowest BCUT2D eigenvalue weighted by Gasteiger charge is -2.28. The van der Waals surface area contributed by atoms with Crippen LogP contribution in [0.4, 0.5) is 11.8 Å². The maximum absolute atomic E-state index is 5.86. The number of fused-ring (bicyclic) bond motifs is 1. The Morgan fingerprint density at radius 1 is 1.24 bits per heavy atom. The summed E-state index contributed by atoms with van der Waals surface area (Å²) in [6.45, 7) is 0. The predicted octanol–water partition coefficient (Wildman–Crippen LogP) is 2.58. The maximum Gasteiger partial charge on any atom is 0.223 e. The monoisotopic (exact) mass is 399 g/mol. The lowest BCUT2D eigenvalue weighted by atomic mass is 9.93. The number of nitrogens with two attached hydrogens (primary N) is 1. The van der Waals surface area contributed by atoms with Gasteiger partial charge in [0.05, 0.1) is 20.6 Å². The summed E-state index contributed by atoms with van der Waals surface area (Å²) >= 11 is 2.22. The van der Waals surface area contributed by atoms with E-state index in [1.54, 1.807) is 19.5 Å². The van der Waals surface area contributed by atoms with Gasteiger partial charge < -0.3 is 15.8 Å². The van der Waals surface area contributed by atoms with E-state index in [1.165, 1.54) is 0 Å². The van der Waals surface area contributed by atoms with Crippen LogP contribution in [0.5, 0.6) is 0 Å². The highest BCUT2D eigenvalue weighted by atomic mass is 127. The molecule has 0 radical (unpaired) electrons. The molecule has 1 saturated carbocycles. The summed E-state index contributed by atoms with van der Waals surface area (Å²) in [6, 6.07) is 0.408. The van der Waals surface area contributed by atoms with Crippen LogP contribution in [0.2, 0.25) is 0 Å². The molecule has 0 aliphatic heterocycles. The van der Waals surface area contributed by atoms with Gasteiger partial charge in [0.2, 0.25) is 5.95 Å². The number of nitrogens with zero attached hydrogens (tertiary/aromatic N) is 3. The standard InChI is InChI=1S/C14H18IN5O/c1-21-9-4-2-8(3-5-9)19-14-18-6-10-12(20-14)11(15)7-17-13(10)16/h6-9H,2-5H2,1H3,(H2,16,17)(H,18,19,20). The Kier molecular flexibility index (Phi) is 4.39. The van der Waals surface area contributed by atoms with Crippen molar-refractivity contribution in [3.63, 3.8) is 0 Å². The van der Waals surface area contributed by atoms with Crippen LogP contribution in [0.25, 0.3) is 10.9 Å². The fraction of sp³-hybridized carbons (Fsp3) is 0.500. The van der Waals surface area contributed by atoms with Crippen molar-refractivity contribution in [2.75, 3.05) is 18.2 Å². The van der Waals surface area contributed by atoms with E-state index < -0.39 is 0 Å². The van der Waals surface area contributed by atoms with Gasteiger partial charge in [0, 0.05) is 25.5 Å². The number of anilines is 2. The molecule has 7 heteroatoms. The first-order chi connectivity index (χ1) is 10.2. The Bertz CT molecular complexity index is 643. The highest BCUT2D eigenvalue weighted by Crippen LogP contribution is 2.25. The number of pyridine rings is 1. The van der Waals surface area contributed by atoms with Gasteiger partial charge in [0.25, 0.3) is 0 Å². The van der Waals surface area contributed by atoms with Gasteiger partial charge in [-0.3, -0.25) is 0 Å². The molecule has 0 spiro atoms. The summed E-state index contributed by atoms with van der Waals surface area (Å²) in [5.74, 6) is 1.13. The SMILES string of the molecule is COC1CCC(Nc2ncc3c(N)ncc(I)c3n2)CC1. The summed E-state index contributed by atoms with van der Waals surface area (Å²) in [5, 5.41) is 4.22. The summed E-state index contributed by atoms with van der Waals surface area (Å²) in [4.78, 5) is 13.1. The molecule has 21 heavy (non-hydrogen) atoms. The molecule has 2 aromatic rings. The molecule has 0 saturated heterocycles. The Morgan fingerprint density at radius 3 is 2.71 bits per heavy atom. The molecule has 3 N–H and O–H groups in total. The zero-order chi connectivity index (χ0) is 14.8. The fourth-order valence-electron chi connectivity index (χ4n) is 2.70. The molecular weight excluding hydrogens is 381 g/mol. The second-order valence-corrected chi connectivity index (χ2v) is 6.46. The van der Waals surface area contributed by atoms with Gasteiger partial charge in [-0.05, 0) is 48.3 Å². The molecule has 6 nitrogen and oxygen atoms in total.